The molecule has 1 N–H and O–H groups in total. The molecule has 0 aliphatic carbocycles. The van der Waals surface area contributed by atoms with Gasteiger partial charge in [-0.3, -0.25) is 9.59 Å². The predicted molar refractivity (Wildman–Crippen MR) is 116 cm³/mol. The monoisotopic (exact) mass is 451 g/mol. The van der Waals surface area contributed by atoms with E-state index in [9.17, 15) is 18.0 Å². The maximum Gasteiger partial charge on any atom is 0.243 e. The van der Waals surface area contributed by atoms with E-state index in [0.717, 1.165) is 9.87 Å². The summed E-state index contributed by atoms with van der Waals surface area (Å²) in [5, 5.41) is 3.12. The van der Waals surface area contributed by atoms with Crippen molar-refractivity contribution in [3.63, 3.8) is 0 Å². The molecule has 7 nitrogen and oxygen atoms in total. The fourth-order valence-corrected chi connectivity index (χ4v) is 4.08. The van der Waals surface area contributed by atoms with Crippen LogP contribution in [0.15, 0.2) is 59.5 Å². The van der Waals surface area contributed by atoms with E-state index in [1.807, 2.05) is 30.3 Å². The van der Waals surface area contributed by atoms with Crippen LogP contribution in [0.4, 0.5) is 0 Å². The largest absolute Gasteiger partial charge is 0.355 e. The number of amides is 2. The van der Waals surface area contributed by atoms with Gasteiger partial charge in [0.25, 0.3) is 0 Å². The van der Waals surface area contributed by atoms with Gasteiger partial charge in [-0.05, 0) is 43.7 Å². The third kappa shape index (κ3) is 6.04. The summed E-state index contributed by atoms with van der Waals surface area (Å²) in [6, 6.07) is 14.2. The van der Waals surface area contributed by atoms with Gasteiger partial charge in [0.15, 0.2) is 0 Å². The van der Waals surface area contributed by atoms with Crippen LogP contribution >= 0.6 is 11.6 Å². The number of carbonyl (C=O) groups is 2. The van der Waals surface area contributed by atoms with Crippen molar-refractivity contribution in [1.82, 2.24) is 14.5 Å². The summed E-state index contributed by atoms with van der Waals surface area (Å²) in [6.45, 7) is 3.63. The summed E-state index contributed by atoms with van der Waals surface area (Å²) >= 11 is 5.83. The van der Waals surface area contributed by atoms with Gasteiger partial charge in [-0.1, -0.05) is 41.9 Å². The van der Waals surface area contributed by atoms with Crippen molar-refractivity contribution in [1.29, 1.82) is 0 Å². The van der Waals surface area contributed by atoms with E-state index >= 15 is 0 Å². The lowest BCUT2D eigenvalue weighted by Crippen LogP contribution is -2.50. The number of hydrogen-bond acceptors (Lipinski definition) is 4. The van der Waals surface area contributed by atoms with E-state index in [2.05, 4.69) is 5.32 Å². The molecule has 0 unspecified atom stereocenters. The van der Waals surface area contributed by atoms with E-state index in [4.69, 9.17) is 11.6 Å². The fraction of sp³-hybridized carbons (Fsp3) is 0.333. The van der Waals surface area contributed by atoms with E-state index in [-0.39, 0.29) is 17.3 Å². The first kappa shape index (κ1) is 23.9. The van der Waals surface area contributed by atoms with Crippen molar-refractivity contribution in [2.75, 3.05) is 20.1 Å². The normalized spacial score (nSPS) is 12.4. The summed E-state index contributed by atoms with van der Waals surface area (Å²) < 4.78 is 26.6. The van der Waals surface area contributed by atoms with Crippen LogP contribution in [-0.4, -0.2) is 55.6 Å². The average Bonchev–Trinajstić information content (AvgIpc) is 2.72. The highest BCUT2D eigenvalue weighted by Crippen LogP contribution is 2.18. The second-order valence-electron chi connectivity index (χ2n) is 6.79. The van der Waals surface area contributed by atoms with Gasteiger partial charge in [-0.15, -0.1) is 0 Å². The Bertz CT molecular complexity index is 966. The molecular weight excluding hydrogens is 426 g/mol. The van der Waals surface area contributed by atoms with Crippen molar-refractivity contribution in [2.45, 2.75) is 31.3 Å². The van der Waals surface area contributed by atoms with Gasteiger partial charge in [-0.25, -0.2) is 8.42 Å². The highest BCUT2D eigenvalue weighted by atomic mass is 35.5. The summed E-state index contributed by atoms with van der Waals surface area (Å²) in [5.74, 6) is -0.775. The second-order valence-corrected chi connectivity index (χ2v) is 9.27. The lowest BCUT2D eigenvalue weighted by atomic mass is 10.1. The Kier molecular flexibility index (Phi) is 8.40. The molecule has 2 rings (SSSR count). The molecule has 9 heteroatoms. The average molecular weight is 452 g/mol. The van der Waals surface area contributed by atoms with Gasteiger partial charge in [0.2, 0.25) is 21.8 Å². The number of halogens is 1. The minimum atomic E-state index is -3.89. The van der Waals surface area contributed by atoms with E-state index in [1.54, 1.807) is 13.8 Å². The molecular formula is C21H26ClN3O4S. The molecule has 1 atom stereocenters. The van der Waals surface area contributed by atoms with E-state index < -0.39 is 28.5 Å². The number of nitrogens with zero attached hydrogens (tertiary/aromatic N) is 2. The molecule has 162 valence electrons. The Labute approximate surface area is 182 Å². The summed E-state index contributed by atoms with van der Waals surface area (Å²) in [6.07, 6.45) is 0. The molecule has 30 heavy (non-hydrogen) atoms. The molecule has 0 saturated heterocycles. The molecule has 0 heterocycles. The SMILES string of the molecule is CCNC(=O)[C@H](C)N(Cc1ccccc1)C(=O)CN(C)S(=O)(=O)c1ccc(Cl)cc1. The van der Waals surface area contributed by atoms with Gasteiger partial charge in [0.1, 0.15) is 6.04 Å². The Balaban J connectivity index is 2.23. The number of likely N-dealkylation sites (N-methyl/N-ethyl adjacent to an activating group) is 2. The third-order valence-electron chi connectivity index (χ3n) is 4.59. The molecule has 2 amide bonds. The highest BCUT2D eigenvalue weighted by Gasteiger charge is 2.30. The molecule has 0 saturated carbocycles. The molecule has 0 fully saturated rings. The first-order chi connectivity index (χ1) is 14.2. The van der Waals surface area contributed by atoms with Gasteiger partial charge >= 0.3 is 0 Å². The van der Waals surface area contributed by atoms with Crippen LogP contribution in [0.3, 0.4) is 0 Å². The van der Waals surface area contributed by atoms with Crippen LogP contribution in [0, 0.1) is 0 Å². The van der Waals surface area contributed by atoms with E-state index in [1.165, 1.54) is 36.2 Å². The van der Waals surface area contributed by atoms with Crippen molar-refractivity contribution in [3.05, 3.63) is 65.2 Å². The lowest BCUT2D eigenvalue weighted by molar-refractivity contribution is -0.140. The van der Waals surface area contributed by atoms with Crippen LogP contribution in [0.25, 0.3) is 0 Å². The fourth-order valence-electron chi connectivity index (χ4n) is 2.84. The van der Waals surface area contributed by atoms with Gasteiger partial charge < -0.3 is 10.2 Å². The Morgan fingerprint density at radius 2 is 1.67 bits per heavy atom. The van der Waals surface area contributed by atoms with Crippen molar-refractivity contribution >= 4 is 33.4 Å². The maximum atomic E-state index is 13.1. The number of benzene rings is 2. The molecule has 0 radical (unpaired) electrons. The highest BCUT2D eigenvalue weighted by molar-refractivity contribution is 7.89. The van der Waals surface area contributed by atoms with Gasteiger partial charge in [-0.2, -0.15) is 4.31 Å². The zero-order valence-electron chi connectivity index (χ0n) is 17.2. The van der Waals surface area contributed by atoms with Crippen molar-refractivity contribution in [2.24, 2.45) is 0 Å². The molecule has 0 aliphatic heterocycles. The third-order valence-corrected chi connectivity index (χ3v) is 6.66. The number of carbonyl (C=O) groups excluding carboxylic acids is 2. The Morgan fingerprint density at radius 1 is 1.07 bits per heavy atom. The van der Waals surface area contributed by atoms with Crippen LogP contribution in [0.5, 0.6) is 0 Å². The van der Waals surface area contributed by atoms with E-state index in [0.29, 0.717) is 11.6 Å². The minimum absolute atomic E-state index is 0.0357. The molecule has 0 aliphatic rings. The standard InChI is InChI=1S/C21H26ClN3O4S/c1-4-23-21(27)16(2)25(14-17-8-6-5-7-9-17)20(26)15-24(3)30(28,29)19-12-10-18(22)11-13-19/h5-13,16H,4,14-15H2,1-3H3,(H,23,27)/t16-/m0/s1. The second kappa shape index (κ2) is 10.6. The first-order valence-corrected chi connectivity index (χ1v) is 11.3. The number of sulfonamides is 1. The quantitative estimate of drug-likeness (QED) is 0.634. The summed E-state index contributed by atoms with van der Waals surface area (Å²) in [4.78, 5) is 26.8. The topological polar surface area (TPSA) is 86.8 Å². The van der Waals surface area contributed by atoms with Crippen LogP contribution in [0.2, 0.25) is 5.02 Å². The minimum Gasteiger partial charge on any atom is -0.355 e. The predicted octanol–water partition coefficient (Wildman–Crippen LogP) is 2.51. The van der Waals surface area contributed by atoms with Gasteiger partial charge in [0, 0.05) is 25.2 Å². The van der Waals surface area contributed by atoms with Gasteiger partial charge in [0.05, 0.1) is 11.4 Å². The maximum absolute atomic E-state index is 13.1. The zero-order valence-corrected chi connectivity index (χ0v) is 18.8. The smallest absolute Gasteiger partial charge is 0.243 e. The Hall–Kier alpha value is -2.42. The number of rotatable bonds is 9. The molecule has 0 spiro atoms. The van der Waals surface area contributed by atoms with Crippen LogP contribution in [0.1, 0.15) is 19.4 Å². The first-order valence-electron chi connectivity index (χ1n) is 9.49. The lowest BCUT2D eigenvalue weighted by Gasteiger charge is -2.30. The van der Waals surface area contributed by atoms with Crippen molar-refractivity contribution < 1.29 is 18.0 Å². The summed E-state index contributed by atoms with van der Waals surface area (Å²) in [5.41, 5.74) is 0.838. The number of hydrogen-bond donors (Lipinski definition) is 1. The Morgan fingerprint density at radius 3 is 2.23 bits per heavy atom. The number of nitrogens with one attached hydrogen (secondary N) is 1. The molecule has 2 aromatic carbocycles. The van der Waals surface area contributed by atoms with Crippen LogP contribution in [-0.2, 0) is 26.2 Å². The molecule has 2 aromatic rings. The zero-order chi connectivity index (χ0) is 22.3. The van der Waals surface area contributed by atoms with Crippen LogP contribution < -0.4 is 5.32 Å². The molecule has 0 bridgehead atoms. The molecule has 0 aromatic heterocycles. The van der Waals surface area contributed by atoms with Crippen molar-refractivity contribution in [3.8, 4) is 0 Å². The summed E-state index contributed by atoms with van der Waals surface area (Å²) in [7, 11) is -2.55.